The van der Waals surface area contributed by atoms with Crippen molar-refractivity contribution in [3.63, 3.8) is 0 Å². The van der Waals surface area contributed by atoms with E-state index >= 15 is 0 Å². The molecule has 1 aliphatic heterocycles. The van der Waals surface area contributed by atoms with E-state index in [4.69, 9.17) is 0 Å². The molecule has 0 saturated carbocycles. The zero-order valence-electron chi connectivity index (χ0n) is 16.8. The van der Waals surface area contributed by atoms with Gasteiger partial charge in [0.1, 0.15) is 5.56 Å². The monoisotopic (exact) mass is 713 g/mol. The number of nitro benzene ring substituents is 1. The van der Waals surface area contributed by atoms with E-state index in [-0.39, 0.29) is 23.2 Å². The highest BCUT2D eigenvalue weighted by Crippen LogP contribution is 2.45. The van der Waals surface area contributed by atoms with Crippen LogP contribution >= 0.6 is 63.7 Å². The van der Waals surface area contributed by atoms with Gasteiger partial charge in [0.05, 0.1) is 22.6 Å². The number of imide groups is 1. The highest BCUT2D eigenvalue weighted by Gasteiger charge is 2.46. The summed E-state index contributed by atoms with van der Waals surface area (Å²) in [6.07, 6.45) is 0. The van der Waals surface area contributed by atoms with Crippen LogP contribution in [0.25, 0.3) is 0 Å². The first kappa shape index (κ1) is 24.7. The molecule has 0 radical (unpaired) electrons. The molecule has 0 atom stereocenters. The molecule has 0 aliphatic carbocycles. The van der Waals surface area contributed by atoms with E-state index < -0.39 is 28.3 Å². The number of halogens is 4. The molecule has 1 aliphatic rings. The van der Waals surface area contributed by atoms with Gasteiger partial charge in [-0.25, -0.2) is 5.01 Å². The van der Waals surface area contributed by atoms with E-state index in [0.717, 1.165) is 10.0 Å². The fourth-order valence-electron chi connectivity index (χ4n) is 3.50. The number of hydrazine groups is 1. The molecule has 0 aromatic heterocycles. The number of hydrogen-bond donors (Lipinski definition) is 0. The van der Waals surface area contributed by atoms with Crippen molar-refractivity contribution in [3.05, 3.63) is 105 Å². The van der Waals surface area contributed by atoms with Crippen LogP contribution in [0.3, 0.4) is 0 Å². The molecule has 34 heavy (non-hydrogen) atoms. The summed E-state index contributed by atoms with van der Waals surface area (Å²) < 4.78 is 1.66. The molecule has 4 rings (SSSR count). The first-order valence-corrected chi connectivity index (χ1v) is 12.7. The van der Waals surface area contributed by atoms with Crippen molar-refractivity contribution in [2.75, 3.05) is 0 Å². The number of fused-ring (bicyclic) bond motifs is 1. The number of nitrogens with zero attached hydrogens (tertiary/aromatic N) is 3. The molecule has 0 spiro atoms. The lowest BCUT2D eigenvalue weighted by Crippen LogP contribution is -2.49. The Labute approximate surface area is 226 Å². The highest BCUT2D eigenvalue weighted by atomic mass is 79.9. The van der Waals surface area contributed by atoms with Crippen molar-refractivity contribution in [3.8, 4) is 0 Å². The van der Waals surface area contributed by atoms with Crippen molar-refractivity contribution in [1.82, 2.24) is 10.0 Å². The minimum atomic E-state index is -0.865. The number of carbonyl (C=O) groups excluding carboxylic acids is 3. The Morgan fingerprint density at radius 2 is 1.32 bits per heavy atom. The van der Waals surface area contributed by atoms with Gasteiger partial charge in [-0.2, -0.15) is 5.01 Å². The Hall–Kier alpha value is -2.41. The molecule has 0 fully saturated rings. The number of carbonyl (C=O) groups is 3. The Kier molecular flexibility index (Phi) is 7.04. The maximum absolute atomic E-state index is 13.6. The highest BCUT2D eigenvalue weighted by molar-refractivity contribution is 9.15. The Bertz CT molecular complexity index is 1330. The second-order valence-corrected chi connectivity index (χ2v) is 10.2. The van der Waals surface area contributed by atoms with Gasteiger partial charge < -0.3 is 0 Å². The summed E-state index contributed by atoms with van der Waals surface area (Å²) >= 11 is 13.4. The topological polar surface area (TPSA) is 101 Å². The summed E-state index contributed by atoms with van der Waals surface area (Å²) in [5, 5.41) is 13.2. The van der Waals surface area contributed by atoms with Crippen LogP contribution in [0.4, 0.5) is 5.69 Å². The first-order chi connectivity index (χ1) is 16.1. The van der Waals surface area contributed by atoms with Gasteiger partial charge in [0.15, 0.2) is 0 Å². The van der Waals surface area contributed by atoms with Crippen LogP contribution in [0.2, 0.25) is 0 Å². The summed E-state index contributed by atoms with van der Waals surface area (Å²) in [7, 11) is 0. The normalized spacial score (nSPS) is 12.6. The van der Waals surface area contributed by atoms with Crippen molar-refractivity contribution < 1.29 is 19.3 Å². The standard InChI is InChI=1S/C22H11Br4N3O5/c23-16-14-15(17(24)19(26)18(16)25)22(32)28(21(14)31)27(10-11-6-2-1-3-7-11)20(30)12-8-4-5-9-13(12)29(33)34/h1-9H,10H2. The fourth-order valence-corrected chi connectivity index (χ4v) is 5.96. The molecule has 3 amide bonds. The Balaban J connectivity index is 1.88. The molecule has 0 bridgehead atoms. The number of amides is 3. The van der Waals surface area contributed by atoms with E-state index in [9.17, 15) is 24.5 Å². The van der Waals surface area contributed by atoms with Gasteiger partial charge in [0.2, 0.25) is 0 Å². The molecule has 0 saturated heterocycles. The number of benzene rings is 3. The average molecular weight is 717 g/mol. The predicted octanol–water partition coefficient (Wildman–Crippen LogP) is 6.50. The molecule has 1 heterocycles. The lowest BCUT2D eigenvalue weighted by molar-refractivity contribution is -0.385. The summed E-state index contributed by atoms with van der Waals surface area (Å²) in [6.45, 7) is -0.172. The number of para-hydroxylation sites is 1. The van der Waals surface area contributed by atoms with Crippen LogP contribution in [0.5, 0.6) is 0 Å². The predicted molar refractivity (Wildman–Crippen MR) is 137 cm³/mol. The van der Waals surface area contributed by atoms with Gasteiger partial charge in [0, 0.05) is 24.0 Å². The zero-order valence-corrected chi connectivity index (χ0v) is 23.1. The van der Waals surface area contributed by atoms with Crippen molar-refractivity contribution in [1.29, 1.82) is 0 Å². The maximum Gasteiger partial charge on any atom is 0.282 e. The second kappa shape index (κ2) is 9.68. The average Bonchev–Trinajstić information content (AvgIpc) is 3.10. The third-order valence-electron chi connectivity index (χ3n) is 5.06. The van der Waals surface area contributed by atoms with E-state index in [1.54, 1.807) is 30.3 Å². The molecule has 12 heteroatoms. The van der Waals surface area contributed by atoms with Crippen molar-refractivity contribution in [2.24, 2.45) is 0 Å². The molecule has 0 unspecified atom stereocenters. The Morgan fingerprint density at radius 3 is 1.85 bits per heavy atom. The van der Waals surface area contributed by atoms with Crippen LogP contribution in [0, 0.1) is 10.1 Å². The zero-order chi connectivity index (χ0) is 24.7. The van der Waals surface area contributed by atoms with Gasteiger partial charge in [0.25, 0.3) is 23.4 Å². The molecule has 3 aromatic carbocycles. The minimum Gasteiger partial charge on any atom is -0.267 e. The van der Waals surface area contributed by atoms with Crippen molar-refractivity contribution in [2.45, 2.75) is 6.54 Å². The Morgan fingerprint density at radius 1 is 0.824 bits per heavy atom. The summed E-state index contributed by atoms with van der Waals surface area (Å²) in [6, 6.07) is 14.1. The minimum absolute atomic E-state index is 0.0559. The quantitative estimate of drug-likeness (QED) is 0.0988. The number of hydrogen-bond acceptors (Lipinski definition) is 5. The van der Waals surface area contributed by atoms with Crippen molar-refractivity contribution >= 4 is 87.1 Å². The number of nitro groups is 1. The summed E-state index contributed by atoms with van der Waals surface area (Å²) in [4.78, 5) is 51.6. The third-order valence-corrected chi connectivity index (χ3v) is 9.83. The van der Waals surface area contributed by atoms with E-state index in [0.29, 0.717) is 23.5 Å². The largest absolute Gasteiger partial charge is 0.282 e. The molecular weight excluding hydrogens is 706 g/mol. The lowest BCUT2D eigenvalue weighted by Gasteiger charge is -2.30. The van der Waals surface area contributed by atoms with Crippen LogP contribution in [-0.4, -0.2) is 32.7 Å². The van der Waals surface area contributed by atoms with Gasteiger partial charge >= 0.3 is 0 Å². The molecule has 172 valence electrons. The van der Waals surface area contributed by atoms with Gasteiger partial charge in [-0.15, -0.1) is 0 Å². The molecular formula is C22H11Br4N3O5. The van der Waals surface area contributed by atoms with Gasteiger partial charge in [-0.3, -0.25) is 24.5 Å². The second-order valence-electron chi connectivity index (χ2n) is 7.05. The first-order valence-electron chi connectivity index (χ1n) is 9.49. The van der Waals surface area contributed by atoms with Crippen LogP contribution < -0.4 is 0 Å². The van der Waals surface area contributed by atoms with Gasteiger partial charge in [-0.05, 0) is 75.3 Å². The molecule has 0 N–H and O–H groups in total. The summed E-state index contributed by atoms with van der Waals surface area (Å²) in [5.74, 6) is -2.36. The smallest absolute Gasteiger partial charge is 0.267 e. The van der Waals surface area contributed by atoms with E-state index in [1.165, 1.54) is 24.3 Å². The van der Waals surface area contributed by atoms with Crippen LogP contribution in [0.1, 0.15) is 36.6 Å². The van der Waals surface area contributed by atoms with E-state index in [1.807, 2.05) is 0 Å². The summed E-state index contributed by atoms with van der Waals surface area (Å²) in [5.41, 5.74) is 0.0442. The lowest BCUT2D eigenvalue weighted by atomic mass is 10.1. The third kappa shape index (κ3) is 4.12. The fraction of sp³-hybridized carbons (Fsp3) is 0.0455. The SMILES string of the molecule is O=C(c1ccccc1[N+](=O)[O-])N(Cc1ccccc1)N1C(=O)c2c(Br)c(Br)c(Br)c(Br)c2C1=O. The van der Waals surface area contributed by atoms with Gasteiger partial charge in [-0.1, -0.05) is 42.5 Å². The van der Waals surface area contributed by atoms with Crippen LogP contribution in [-0.2, 0) is 6.54 Å². The van der Waals surface area contributed by atoms with Crippen LogP contribution in [0.15, 0.2) is 72.5 Å². The number of rotatable bonds is 5. The molecule has 3 aromatic rings. The maximum atomic E-state index is 13.6. The van der Waals surface area contributed by atoms with E-state index in [2.05, 4.69) is 63.7 Å². The molecule has 8 nitrogen and oxygen atoms in total.